The van der Waals surface area contributed by atoms with Gasteiger partial charge in [0.1, 0.15) is 5.82 Å². The number of aliphatic hydroxyl groups excluding tert-OH is 2. The van der Waals surface area contributed by atoms with Crippen molar-refractivity contribution >= 4 is 5.69 Å². The van der Waals surface area contributed by atoms with Crippen molar-refractivity contribution in [3.8, 4) is 0 Å². The minimum absolute atomic E-state index is 0.176. The van der Waals surface area contributed by atoms with Crippen LogP contribution < -0.4 is 4.90 Å². The number of aliphatic hydroxyl groups is 2. The SMILES string of the molecule is CC(O)c1cc(F)ccc1N1CCN(CCO)CC1. The molecule has 1 aliphatic rings. The first kappa shape index (κ1) is 14.2. The summed E-state index contributed by atoms with van der Waals surface area (Å²) >= 11 is 0. The number of rotatable bonds is 4. The second kappa shape index (κ2) is 6.32. The highest BCUT2D eigenvalue weighted by Gasteiger charge is 2.20. The first-order chi connectivity index (χ1) is 9.11. The number of piperazine rings is 1. The average Bonchev–Trinajstić information content (AvgIpc) is 2.40. The maximum atomic E-state index is 13.3. The van der Waals surface area contributed by atoms with Gasteiger partial charge in [0.15, 0.2) is 0 Å². The summed E-state index contributed by atoms with van der Waals surface area (Å²) in [6.45, 7) is 5.92. The zero-order valence-electron chi connectivity index (χ0n) is 11.2. The first-order valence-corrected chi connectivity index (χ1v) is 6.67. The Balaban J connectivity index is 2.11. The number of anilines is 1. The smallest absolute Gasteiger partial charge is 0.123 e. The van der Waals surface area contributed by atoms with Crippen LogP contribution in [-0.2, 0) is 0 Å². The minimum Gasteiger partial charge on any atom is -0.395 e. The third-order valence-electron chi connectivity index (χ3n) is 3.57. The fourth-order valence-corrected chi connectivity index (χ4v) is 2.50. The van der Waals surface area contributed by atoms with Crippen molar-refractivity contribution in [3.05, 3.63) is 29.6 Å². The van der Waals surface area contributed by atoms with E-state index in [2.05, 4.69) is 9.80 Å². The monoisotopic (exact) mass is 268 g/mol. The van der Waals surface area contributed by atoms with Gasteiger partial charge in [-0.1, -0.05) is 0 Å². The normalized spacial score (nSPS) is 18.6. The van der Waals surface area contributed by atoms with Crippen molar-refractivity contribution in [2.75, 3.05) is 44.2 Å². The first-order valence-electron chi connectivity index (χ1n) is 6.67. The van der Waals surface area contributed by atoms with E-state index in [1.54, 1.807) is 13.0 Å². The summed E-state index contributed by atoms with van der Waals surface area (Å²) in [6, 6.07) is 4.57. The molecule has 1 aromatic carbocycles. The summed E-state index contributed by atoms with van der Waals surface area (Å²) in [4.78, 5) is 4.36. The number of benzene rings is 1. The van der Waals surface area contributed by atoms with E-state index < -0.39 is 6.10 Å². The standard InChI is InChI=1S/C14H21FN2O2/c1-11(19)13-10-12(15)2-3-14(13)17-6-4-16(5-7-17)8-9-18/h2-3,10-11,18-19H,4-9H2,1H3. The minimum atomic E-state index is -0.679. The highest BCUT2D eigenvalue weighted by Crippen LogP contribution is 2.28. The van der Waals surface area contributed by atoms with Crippen LogP contribution in [0, 0.1) is 5.82 Å². The maximum absolute atomic E-state index is 13.3. The molecule has 4 nitrogen and oxygen atoms in total. The van der Waals surface area contributed by atoms with Crippen molar-refractivity contribution in [1.29, 1.82) is 0 Å². The Labute approximate surface area is 113 Å². The molecule has 1 saturated heterocycles. The summed E-state index contributed by atoms with van der Waals surface area (Å²) in [7, 11) is 0. The molecule has 0 aliphatic carbocycles. The largest absolute Gasteiger partial charge is 0.395 e. The Bertz CT molecular complexity index is 418. The van der Waals surface area contributed by atoms with Gasteiger partial charge in [0.25, 0.3) is 0 Å². The molecular weight excluding hydrogens is 247 g/mol. The van der Waals surface area contributed by atoms with Crippen LogP contribution in [0.15, 0.2) is 18.2 Å². The molecule has 2 N–H and O–H groups in total. The van der Waals surface area contributed by atoms with E-state index in [0.717, 1.165) is 31.9 Å². The zero-order valence-corrected chi connectivity index (χ0v) is 11.2. The highest BCUT2D eigenvalue weighted by molar-refractivity contribution is 5.55. The van der Waals surface area contributed by atoms with Crippen LogP contribution in [0.2, 0.25) is 0 Å². The molecule has 1 atom stereocenters. The lowest BCUT2D eigenvalue weighted by atomic mass is 10.1. The summed E-state index contributed by atoms with van der Waals surface area (Å²) < 4.78 is 13.3. The van der Waals surface area contributed by atoms with Gasteiger partial charge < -0.3 is 15.1 Å². The van der Waals surface area contributed by atoms with Gasteiger partial charge in [-0.05, 0) is 25.1 Å². The number of hydrogen-bond donors (Lipinski definition) is 2. The molecule has 1 aromatic rings. The maximum Gasteiger partial charge on any atom is 0.123 e. The lowest BCUT2D eigenvalue weighted by Crippen LogP contribution is -2.47. The molecule has 106 valence electrons. The molecule has 1 heterocycles. The molecular formula is C14H21FN2O2. The predicted octanol–water partition coefficient (Wildman–Crippen LogP) is 0.993. The zero-order chi connectivity index (χ0) is 13.8. The molecule has 2 rings (SSSR count). The van der Waals surface area contributed by atoms with Crippen molar-refractivity contribution in [1.82, 2.24) is 4.90 Å². The summed E-state index contributed by atoms with van der Waals surface area (Å²) in [5, 5.41) is 18.7. The molecule has 0 amide bonds. The third-order valence-corrected chi connectivity index (χ3v) is 3.57. The van der Waals surface area contributed by atoms with Crippen LogP contribution in [0.5, 0.6) is 0 Å². The Morgan fingerprint density at radius 1 is 1.26 bits per heavy atom. The van der Waals surface area contributed by atoms with Gasteiger partial charge in [-0.15, -0.1) is 0 Å². The molecule has 0 radical (unpaired) electrons. The van der Waals surface area contributed by atoms with Crippen molar-refractivity contribution in [2.45, 2.75) is 13.0 Å². The number of hydrogen-bond acceptors (Lipinski definition) is 4. The van der Waals surface area contributed by atoms with Gasteiger partial charge in [0.2, 0.25) is 0 Å². The van der Waals surface area contributed by atoms with E-state index in [1.165, 1.54) is 12.1 Å². The lowest BCUT2D eigenvalue weighted by Gasteiger charge is -2.37. The summed E-state index contributed by atoms with van der Waals surface area (Å²) in [5.41, 5.74) is 1.54. The Morgan fingerprint density at radius 2 is 1.95 bits per heavy atom. The Morgan fingerprint density at radius 3 is 2.53 bits per heavy atom. The second-order valence-corrected chi connectivity index (χ2v) is 4.93. The highest BCUT2D eigenvalue weighted by atomic mass is 19.1. The molecule has 1 aliphatic heterocycles. The molecule has 1 unspecified atom stereocenters. The fraction of sp³-hybridized carbons (Fsp3) is 0.571. The van der Waals surface area contributed by atoms with Crippen LogP contribution >= 0.6 is 0 Å². The molecule has 1 fully saturated rings. The quantitative estimate of drug-likeness (QED) is 0.855. The van der Waals surface area contributed by atoms with Gasteiger partial charge in [-0.3, -0.25) is 4.90 Å². The number of β-amino-alcohol motifs (C(OH)–C–C–N with tert-alkyl or cyclic N) is 1. The predicted molar refractivity (Wildman–Crippen MR) is 72.8 cm³/mol. The lowest BCUT2D eigenvalue weighted by molar-refractivity contribution is 0.186. The molecule has 5 heteroatoms. The van der Waals surface area contributed by atoms with E-state index in [1.807, 2.05) is 0 Å². The Kier molecular flexibility index (Phi) is 4.74. The average molecular weight is 268 g/mol. The third kappa shape index (κ3) is 3.43. The van der Waals surface area contributed by atoms with E-state index in [4.69, 9.17) is 5.11 Å². The topological polar surface area (TPSA) is 46.9 Å². The van der Waals surface area contributed by atoms with E-state index in [0.29, 0.717) is 12.1 Å². The van der Waals surface area contributed by atoms with E-state index in [-0.39, 0.29) is 12.4 Å². The van der Waals surface area contributed by atoms with Crippen molar-refractivity contribution < 1.29 is 14.6 Å². The van der Waals surface area contributed by atoms with Gasteiger partial charge in [0, 0.05) is 44.0 Å². The van der Waals surface area contributed by atoms with E-state index in [9.17, 15) is 9.50 Å². The van der Waals surface area contributed by atoms with E-state index >= 15 is 0 Å². The van der Waals surface area contributed by atoms with Crippen LogP contribution in [0.4, 0.5) is 10.1 Å². The van der Waals surface area contributed by atoms with Crippen LogP contribution in [0.3, 0.4) is 0 Å². The van der Waals surface area contributed by atoms with Gasteiger partial charge in [0.05, 0.1) is 12.7 Å². The van der Waals surface area contributed by atoms with Crippen molar-refractivity contribution in [2.24, 2.45) is 0 Å². The molecule has 0 bridgehead atoms. The molecule has 0 spiro atoms. The summed E-state index contributed by atoms with van der Waals surface area (Å²) in [6.07, 6.45) is -0.679. The van der Waals surface area contributed by atoms with Crippen molar-refractivity contribution in [3.63, 3.8) is 0 Å². The van der Waals surface area contributed by atoms with Gasteiger partial charge in [-0.2, -0.15) is 0 Å². The fourth-order valence-electron chi connectivity index (χ4n) is 2.50. The van der Waals surface area contributed by atoms with Crippen LogP contribution in [0.1, 0.15) is 18.6 Å². The molecule has 19 heavy (non-hydrogen) atoms. The second-order valence-electron chi connectivity index (χ2n) is 4.93. The van der Waals surface area contributed by atoms with Crippen LogP contribution in [0.25, 0.3) is 0 Å². The number of nitrogens with zero attached hydrogens (tertiary/aromatic N) is 2. The van der Waals surface area contributed by atoms with Gasteiger partial charge >= 0.3 is 0 Å². The van der Waals surface area contributed by atoms with Crippen LogP contribution in [-0.4, -0.2) is 54.4 Å². The Hall–Kier alpha value is -1.17. The summed E-state index contributed by atoms with van der Waals surface area (Å²) in [5.74, 6) is -0.321. The molecule has 0 saturated carbocycles. The molecule has 0 aromatic heterocycles. The van der Waals surface area contributed by atoms with Gasteiger partial charge in [-0.25, -0.2) is 4.39 Å². The number of halogens is 1.